The van der Waals surface area contributed by atoms with Crippen molar-refractivity contribution < 1.29 is 19.9 Å². The highest BCUT2D eigenvalue weighted by Gasteiger charge is 2.08. The van der Waals surface area contributed by atoms with E-state index in [1.54, 1.807) is 0 Å². The zero-order chi connectivity index (χ0) is 6.57. The van der Waals surface area contributed by atoms with Crippen molar-refractivity contribution in [3.05, 3.63) is 0 Å². The Morgan fingerprint density at radius 2 is 2.12 bits per heavy atom. The minimum Gasteiger partial charge on any atom is -0.401 e. The van der Waals surface area contributed by atoms with Crippen LogP contribution in [0, 0.1) is 0 Å². The fourth-order valence-corrected chi connectivity index (χ4v) is 0.159. The second-order valence-corrected chi connectivity index (χ2v) is 1.24. The summed E-state index contributed by atoms with van der Waals surface area (Å²) in [6, 6.07) is 0. The van der Waals surface area contributed by atoms with Crippen LogP contribution in [0.15, 0.2) is 0 Å². The van der Waals surface area contributed by atoms with Crippen molar-refractivity contribution in [2.24, 2.45) is 0 Å². The van der Waals surface area contributed by atoms with Crippen LogP contribution < -0.4 is 5.48 Å². The van der Waals surface area contributed by atoms with Crippen molar-refractivity contribution in [3.63, 3.8) is 0 Å². The quantitative estimate of drug-likeness (QED) is 0.194. The molecule has 0 bridgehead atoms. The molecule has 0 spiro atoms. The van der Waals surface area contributed by atoms with Gasteiger partial charge in [0.1, 0.15) is 6.23 Å². The molecule has 0 aliphatic carbocycles. The average molecular weight is 121 g/mol. The lowest BCUT2D eigenvalue weighted by molar-refractivity contribution is 0.00125. The van der Waals surface area contributed by atoms with Gasteiger partial charge in [-0.05, 0) is 6.92 Å². The van der Waals surface area contributed by atoms with E-state index in [4.69, 9.17) is 15.2 Å². The molecule has 8 heavy (non-hydrogen) atoms. The highest BCUT2D eigenvalue weighted by molar-refractivity contribution is 6.32. The number of aliphatic hydroxyl groups excluding tert-OH is 1. The first-order valence-corrected chi connectivity index (χ1v) is 2.08. The first kappa shape index (κ1) is 7.86. The third kappa shape index (κ3) is 5.86. The Kier molecular flexibility index (Phi) is 3.75. The van der Waals surface area contributed by atoms with Crippen molar-refractivity contribution in [3.8, 4) is 0 Å². The summed E-state index contributed by atoms with van der Waals surface area (Å²) >= 11 is 0. The molecular weight excluding hydrogens is 113 g/mol. The van der Waals surface area contributed by atoms with E-state index in [1.165, 1.54) is 6.92 Å². The Balaban J connectivity index is 2.93. The van der Waals surface area contributed by atoms with Crippen LogP contribution in [0.3, 0.4) is 0 Å². The summed E-state index contributed by atoms with van der Waals surface area (Å²) in [5, 5.41) is 24.3. The summed E-state index contributed by atoms with van der Waals surface area (Å²) in [5.74, 6) is 0. The van der Waals surface area contributed by atoms with Crippen LogP contribution in [0.1, 0.15) is 6.92 Å². The summed E-state index contributed by atoms with van der Waals surface area (Å²) in [6.45, 7) is 1.38. The van der Waals surface area contributed by atoms with Crippen LogP contribution in [0.4, 0.5) is 0 Å². The van der Waals surface area contributed by atoms with Crippen LogP contribution >= 0.6 is 0 Å². The molecule has 0 aromatic carbocycles. The molecule has 1 atom stereocenters. The van der Waals surface area contributed by atoms with Crippen molar-refractivity contribution in [2.75, 3.05) is 0 Å². The van der Waals surface area contributed by atoms with E-state index < -0.39 is 13.5 Å². The molecule has 1 unspecified atom stereocenters. The van der Waals surface area contributed by atoms with E-state index in [0.29, 0.717) is 0 Å². The van der Waals surface area contributed by atoms with Gasteiger partial charge in [0.05, 0.1) is 0 Å². The Morgan fingerprint density at radius 1 is 1.62 bits per heavy atom. The molecule has 0 heterocycles. The van der Waals surface area contributed by atoms with Gasteiger partial charge in [0, 0.05) is 0 Å². The zero-order valence-electron chi connectivity index (χ0n) is 4.40. The molecule has 0 rings (SSSR count). The van der Waals surface area contributed by atoms with Gasteiger partial charge in [-0.15, -0.1) is 0 Å². The van der Waals surface area contributed by atoms with Crippen molar-refractivity contribution in [1.29, 1.82) is 0 Å². The highest BCUT2D eigenvalue weighted by Crippen LogP contribution is 1.72. The largest absolute Gasteiger partial charge is 0.651 e. The van der Waals surface area contributed by atoms with Gasteiger partial charge in [-0.1, -0.05) is 0 Å². The van der Waals surface area contributed by atoms with E-state index in [9.17, 15) is 0 Å². The van der Waals surface area contributed by atoms with Gasteiger partial charge in [-0.25, -0.2) is 0 Å². The average Bonchev–Trinajstić information content (AvgIpc) is 1.61. The Bertz CT molecular complexity index is 50.0. The number of hydrogen-bond donors (Lipinski definition) is 4. The molecule has 4 N–H and O–H groups in total. The van der Waals surface area contributed by atoms with Gasteiger partial charge in [0.25, 0.3) is 0 Å². The molecule has 0 amide bonds. The van der Waals surface area contributed by atoms with Crippen molar-refractivity contribution >= 4 is 7.32 Å². The van der Waals surface area contributed by atoms with E-state index in [-0.39, 0.29) is 0 Å². The molecule has 0 fully saturated rings. The van der Waals surface area contributed by atoms with Crippen LogP contribution in [0.2, 0.25) is 0 Å². The Labute approximate surface area is 47.0 Å². The van der Waals surface area contributed by atoms with Gasteiger partial charge in [0.2, 0.25) is 0 Å². The second-order valence-electron chi connectivity index (χ2n) is 1.24. The van der Waals surface area contributed by atoms with Crippen LogP contribution in [-0.2, 0) is 4.76 Å². The maximum Gasteiger partial charge on any atom is 0.651 e. The van der Waals surface area contributed by atoms with Crippen molar-refractivity contribution in [2.45, 2.75) is 13.2 Å². The van der Waals surface area contributed by atoms with Gasteiger partial charge < -0.3 is 15.2 Å². The van der Waals surface area contributed by atoms with Gasteiger partial charge in [-0.3, -0.25) is 4.76 Å². The topological polar surface area (TPSA) is 82.0 Å². The molecule has 0 radical (unpaired) electrons. The highest BCUT2D eigenvalue weighted by atomic mass is 16.7. The van der Waals surface area contributed by atoms with E-state index in [2.05, 4.69) is 4.76 Å². The molecule has 0 saturated heterocycles. The monoisotopic (exact) mass is 121 g/mol. The van der Waals surface area contributed by atoms with Gasteiger partial charge in [0.15, 0.2) is 0 Å². The second kappa shape index (κ2) is 3.82. The lowest BCUT2D eigenvalue weighted by Crippen LogP contribution is -2.33. The molecule has 48 valence electrons. The lowest BCUT2D eigenvalue weighted by atomic mass is 10.3. The zero-order valence-corrected chi connectivity index (χ0v) is 4.40. The predicted molar refractivity (Wildman–Crippen MR) is 26.1 cm³/mol. The molecule has 0 saturated carbocycles. The number of nitrogens with one attached hydrogen (secondary N) is 1. The maximum absolute atomic E-state index is 8.34. The summed E-state index contributed by atoms with van der Waals surface area (Å²) < 4.78 is 3.91. The smallest absolute Gasteiger partial charge is 0.401 e. The SMILES string of the molecule is CC(O)NOB(O)O. The molecule has 0 aromatic heterocycles. The summed E-state index contributed by atoms with van der Waals surface area (Å²) in [5.41, 5.74) is 1.90. The van der Waals surface area contributed by atoms with E-state index in [1.807, 2.05) is 5.48 Å². The normalized spacial score (nSPS) is 13.5. The fraction of sp³-hybridized carbons (Fsp3) is 1.00. The van der Waals surface area contributed by atoms with Crippen LogP contribution in [-0.4, -0.2) is 28.7 Å². The minimum atomic E-state index is -1.88. The molecule has 0 aliphatic heterocycles. The standard InChI is InChI=1S/C2H8BNO4/c1-2(5)4-8-3(6)7/h2,4-7H,1H3. The first-order chi connectivity index (χ1) is 3.63. The number of aliphatic hydroxyl groups is 1. The van der Waals surface area contributed by atoms with Crippen molar-refractivity contribution in [1.82, 2.24) is 5.48 Å². The maximum atomic E-state index is 8.34. The summed E-state index contributed by atoms with van der Waals surface area (Å²) in [7, 11) is -1.88. The third-order valence-corrected chi connectivity index (χ3v) is 0.344. The Hall–Kier alpha value is -0.135. The van der Waals surface area contributed by atoms with Gasteiger partial charge >= 0.3 is 7.32 Å². The molecular formula is C2H8BNO4. The van der Waals surface area contributed by atoms with E-state index >= 15 is 0 Å². The minimum absolute atomic E-state index is 0.906. The van der Waals surface area contributed by atoms with Crippen LogP contribution in [0.5, 0.6) is 0 Å². The summed E-state index contributed by atoms with van der Waals surface area (Å²) in [6.07, 6.45) is -0.906. The molecule has 0 aliphatic rings. The number of hydroxylamine groups is 1. The van der Waals surface area contributed by atoms with E-state index in [0.717, 1.165) is 0 Å². The third-order valence-electron chi connectivity index (χ3n) is 0.344. The number of hydrogen-bond acceptors (Lipinski definition) is 5. The first-order valence-electron chi connectivity index (χ1n) is 2.08. The molecule has 0 aromatic rings. The number of rotatable bonds is 3. The van der Waals surface area contributed by atoms with Crippen LogP contribution in [0.25, 0.3) is 0 Å². The van der Waals surface area contributed by atoms with Gasteiger partial charge in [-0.2, -0.15) is 5.48 Å². The lowest BCUT2D eigenvalue weighted by Gasteiger charge is -2.05. The predicted octanol–water partition coefficient (Wildman–Crippen LogP) is -2.18. The molecule has 5 nitrogen and oxygen atoms in total. The Morgan fingerprint density at radius 3 is 2.25 bits per heavy atom. The molecule has 6 heteroatoms. The summed E-state index contributed by atoms with van der Waals surface area (Å²) in [4.78, 5) is 0. The fourth-order valence-electron chi connectivity index (χ4n) is 0.159.